The summed E-state index contributed by atoms with van der Waals surface area (Å²) in [6.45, 7) is 0. The fourth-order valence-electron chi connectivity index (χ4n) is 3.86. The molecule has 0 bridgehead atoms. The van der Waals surface area contributed by atoms with E-state index >= 15 is 0 Å². The Labute approximate surface area is 157 Å². The number of hydrogen-bond acceptors (Lipinski definition) is 3. The van der Waals surface area contributed by atoms with E-state index in [2.05, 4.69) is 9.72 Å². The lowest BCUT2D eigenvalue weighted by Crippen LogP contribution is -2.39. The normalized spacial score (nSPS) is 15.8. The van der Waals surface area contributed by atoms with E-state index in [0.29, 0.717) is 5.52 Å². The maximum atomic E-state index is 12.9. The van der Waals surface area contributed by atoms with Crippen LogP contribution >= 0.6 is 0 Å². The van der Waals surface area contributed by atoms with Gasteiger partial charge in [-0.05, 0) is 31.0 Å². The first kappa shape index (κ1) is 18.4. The molecule has 0 spiro atoms. The Bertz CT molecular complexity index is 1110. The summed E-state index contributed by atoms with van der Waals surface area (Å²) in [7, 11) is 0. The van der Waals surface area contributed by atoms with Gasteiger partial charge in [-0.15, -0.1) is 13.2 Å². The molecule has 6 nitrogen and oxygen atoms in total. The average molecular weight is 393 g/mol. The number of nitrogens with one attached hydrogen (secondary N) is 1. The van der Waals surface area contributed by atoms with Crippen LogP contribution in [-0.4, -0.2) is 20.5 Å². The van der Waals surface area contributed by atoms with Gasteiger partial charge >= 0.3 is 17.5 Å². The number of ether oxygens (including phenoxy) is 1. The van der Waals surface area contributed by atoms with Crippen LogP contribution in [0.5, 0.6) is 5.75 Å². The minimum absolute atomic E-state index is 0.130. The Hall–Kier alpha value is -2.97. The van der Waals surface area contributed by atoms with Gasteiger partial charge in [-0.2, -0.15) is 0 Å². The number of nitrogens with zero attached hydrogens (tertiary/aromatic N) is 2. The number of H-pyrrole nitrogens is 1. The van der Waals surface area contributed by atoms with Crippen LogP contribution in [0.1, 0.15) is 38.1 Å². The van der Waals surface area contributed by atoms with Gasteiger partial charge < -0.3 is 14.3 Å². The third-order valence-electron chi connectivity index (χ3n) is 5.05. The van der Waals surface area contributed by atoms with Crippen molar-refractivity contribution in [1.29, 1.82) is 0 Å². The summed E-state index contributed by atoms with van der Waals surface area (Å²) >= 11 is 0. The molecule has 4 rings (SSSR count). The Kier molecular flexibility index (Phi) is 4.52. The van der Waals surface area contributed by atoms with Gasteiger partial charge in [0.25, 0.3) is 0 Å². The maximum Gasteiger partial charge on any atom is 0.573 e. The van der Waals surface area contributed by atoms with Gasteiger partial charge in [0, 0.05) is 24.5 Å². The summed E-state index contributed by atoms with van der Waals surface area (Å²) < 4.78 is 45.8. The highest BCUT2D eigenvalue weighted by Crippen LogP contribution is 2.34. The molecule has 1 aliphatic rings. The number of rotatable bonds is 3. The van der Waals surface area contributed by atoms with Crippen molar-refractivity contribution < 1.29 is 17.9 Å². The van der Waals surface area contributed by atoms with Crippen molar-refractivity contribution >= 4 is 11.0 Å². The largest absolute Gasteiger partial charge is 0.573 e. The first-order valence-corrected chi connectivity index (χ1v) is 9.05. The molecule has 0 aliphatic heterocycles. The Morgan fingerprint density at radius 3 is 2.36 bits per heavy atom. The second-order valence-corrected chi connectivity index (χ2v) is 6.90. The molecule has 0 saturated heterocycles. The molecule has 148 valence electrons. The first-order chi connectivity index (χ1) is 13.3. The first-order valence-electron chi connectivity index (χ1n) is 9.05. The smallest absolute Gasteiger partial charge is 0.403 e. The molecule has 1 aromatic carbocycles. The van der Waals surface area contributed by atoms with Crippen LogP contribution in [0, 0.1) is 0 Å². The van der Waals surface area contributed by atoms with Crippen molar-refractivity contribution in [2.45, 2.75) is 44.5 Å². The zero-order chi connectivity index (χ0) is 19.9. The molecule has 28 heavy (non-hydrogen) atoms. The van der Waals surface area contributed by atoms with Crippen LogP contribution in [0.3, 0.4) is 0 Å². The van der Waals surface area contributed by atoms with E-state index in [1.807, 2.05) is 0 Å². The molecule has 1 fully saturated rings. The molecule has 9 heteroatoms. The van der Waals surface area contributed by atoms with E-state index in [0.717, 1.165) is 38.2 Å². The van der Waals surface area contributed by atoms with Crippen molar-refractivity contribution in [3.63, 3.8) is 0 Å². The third kappa shape index (κ3) is 3.44. The number of aromatic nitrogens is 3. The van der Waals surface area contributed by atoms with E-state index in [4.69, 9.17) is 0 Å². The van der Waals surface area contributed by atoms with Crippen LogP contribution in [0.2, 0.25) is 0 Å². The second-order valence-electron chi connectivity index (χ2n) is 6.90. The molecule has 0 radical (unpaired) electrons. The highest BCUT2D eigenvalue weighted by atomic mass is 19.4. The van der Waals surface area contributed by atoms with Crippen molar-refractivity contribution in [3.05, 3.63) is 57.4 Å². The minimum Gasteiger partial charge on any atom is -0.403 e. The summed E-state index contributed by atoms with van der Waals surface area (Å²) in [5, 5.41) is 0. The van der Waals surface area contributed by atoms with Crippen LogP contribution < -0.4 is 15.9 Å². The molecule has 1 N–H and O–H groups in total. The quantitative estimate of drug-likeness (QED) is 0.687. The zero-order valence-electron chi connectivity index (χ0n) is 14.8. The van der Waals surface area contributed by atoms with Crippen LogP contribution in [0.25, 0.3) is 16.7 Å². The molecule has 2 heterocycles. The second kappa shape index (κ2) is 6.88. The summed E-state index contributed by atoms with van der Waals surface area (Å²) in [6.07, 6.45) is 2.70. The van der Waals surface area contributed by atoms with Gasteiger partial charge in [0.2, 0.25) is 0 Å². The monoisotopic (exact) mass is 393 g/mol. The lowest BCUT2D eigenvalue weighted by molar-refractivity contribution is -0.274. The van der Waals surface area contributed by atoms with Crippen LogP contribution in [-0.2, 0) is 0 Å². The van der Waals surface area contributed by atoms with Gasteiger partial charge in [0.1, 0.15) is 0 Å². The molecule has 0 amide bonds. The molecule has 0 unspecified atom stereocenters. The van der Waals surface area contributed by atoms with Crippen molar-refractivity contribution in [2.75, 3.05) is 0 Å². The van der Waals surface area contributed by atoms with E-state index in [1.165, 1.54) is 15.2 Å². The number of hydrogen-bond donors (Lipinski definition) is 1. The number of aromatic amines is 1. The lowest BCUT2D eigenvalue weighted by atomic mass is 9.95. The average Bonchev–Trinajstić information content (AvgIpc) is 3.16. The number of alkyl halides is 3. The molecule has 2 aromatic heterocycles. The van der Waals surface area contributed by atoms with E-state index < -0.39 is 23.2 Å². The van der Waals surface area contributed by atoms with Crippen molar-refractivity contribution in [3.8, 4) is 11.4 Å². The number of halogens is 3. The number of benzene rings is 1. The number of fused-ring (bicyclic) bond motifs is 1. The fourth-order valence-corrected chi connectivity index (χ4v) is 3.86. The predicted molar refractivity (Wildman–Crippen MR) is 97.0 cm³/mol. The molecular formula is C19H18F3N3O3. The van der Waals surface area contributed by atoms with Crippen molar-refractivity contribution in [2.24, 2.45) is 0 Å². The van der Waals surface area contributed by atoms with Crippen molar-refractivity contribution in [1.82, 2.24) is 14.1 Å². The molecule has 1 aliphatic carbocycles. The maximum absolute atomic E-state index is 12.9. The molecular weight excluding hydrogens is 375 g/mol. The SMILES string of the molecule is O=c1[nH]c2cc(OC(F)(F)F)c(-n3cccc3)cc2n(C2CCCCC2)c1=O. The van der Waals surface area contributed by atoms with E-state index in [1.54, 1.807) is 24.5 Å². The van der Waals surface area contributed by atoms with Crippen LogP contribution in [0.4, 0.5) is 13.2 Å². The summed E-state index contributed by atoms with van der Waals surface area (Å²) in [5.41, 5.74) is -0.905. The Morgan fingerprint density at radius 1 is 1.04 bits per heavy atom. The predicted octanol–water partition coefficient (Wildman–Crippen LogP) is 3.88. The minimum atomic E-state index is -4.90. The summed E-state index contributed by atoms with van der Waals surface area (Å²) in [6, 6.07) is 5.77. The summed E-state index contributed by atoms with van der Waals surface area (Å²) in [4.78, 5) is 27.1. The summed E-state index contributed by atoms with van der Waals surface area (Å²) in [5.74, 6) is -0.458. The molecule has 3 aromatic rings. The van der Waals surface area contributed by atoms with Gasteiger partial charge in [0.15, 0.2) is 5.75 Å². The Morgan fingerprint density at radius 2 is 1.71 bits per heavy atom. The zero-order valence-corrected chi connectivity index (χ0v) is 14.8. The highest BCUT2D eigenvalue weighted by molar-refractivity contribution is 5.80. The van der Waals surface area contributed by atoms with Gasteiger partial charge in [-0.25, -0.2) is 0 Å². The Balaban J connectivity index is 2.00. The highest BCUT2D eigenvalue weighted by Gasteiger charge is 2.33. The van der Waals surface area contributed by atoms with E-state index in [9.17, 15) is 22.8 Å². The van der Waals surface area contributed by atoms with Gasteiger partial charge in [0.05, 0.1) is 16.7 Å². The third-order valence-corrected chi connectivity index (χ3v) is 5.05. The lowest BCUT2D eigenvalue weighted by Gasteiger charge is -2.25. The standard InChI is InChI=1S/C19H18F3N3O3/c20-19(21,22)28-16-10-13-14(11-15(16)24-8-4-5-9-24)25(18(27)17(26)23-13)12-6-2-1-3-7-12/h4-5,8-12H,1-3,6-7H2,(H,23,26). The topological polar surface area (TPSA) is 69.0 Å². The van der Waals surface area contributed by atoms with E-state index in [-0.39, 0.29) is 17.2 Å². The molecule has 0 atom stereocenters. The molecule has 1 saturated carbocycles. The van der Waals surface area contributed by atoms with Gasteiger partial charge in [-0.1, -0.05) is 19.3 Å². The van der Waals surface area contributed by atoms with Gasteiger partial charge in [-0.3, -0.25) is 14.2 Å². The fraction of sp³-hybridized carbons (Fsp3) is 0.368. The van der Waals surface area contributed by atoms with Crippen LogP contribution in [0.15, 0.2) is 46.2 Å².